The maximum absolute atomic E-state index is 12.5. The normalized spacial score (nSPS) is 10.9. The Kier molecular flexibility index (Phi) is 3.99. The Balaban J connectivity index is 2.61. The molecule has 0 heterocycles. The van der Waals surface area contributed by atoms with Crippen LogP contribution in [-0.4, -0.2) is 18.9 Å². The average Bonchev–Trinajstić information content (AvgIpc) is 2.54. The summed E-state index contributed by atoms with van der Waals surface area (Å²) in [5.41, 5.74) is 0.485. The van der Waals surface area contributed by atoms with Gasteiger partial charge in [-0.15, -0.1) is 0 Å². The van der Waals surface area contributed by atoms with Gasteiger partial charge in [0.05, 0.1) is 12.5 Å². The fourth-order valence-corrected chi connectivity index (χ4v) is 2.27. The molecule has 0 aliphatic rings. The lowest BCUT2D eigenvalue weighted by Gasteiger charge is -2.28. The van der Waals surface area contributed by atoms with Crippen molar-refractivity contribution >= 4 is 11.8 Å². The van der Waals surface area contributed by atoms with Crippen LogP contribution in [0.3, 0.4) is 0 Å². The smallest absolute Gasteiger partial charge is 0.375 e. The quantitative estimate of drug-likeness (QED) is 0.632. The van der Waals surface area contributed by atoms with Gasteiger partial charge in [-0.2, -0.15) is 0 Å². The molecule has 0 bridgehead atoms. The molecule has 0 unspecified atom stereocenters. The zero-order valence-electron chi connectivity index (χ0n) is 11.5. The third-order valence-electron chi connectivity index (χ3n) is 3.53. The second-order valence-electron chi connectivity index (χ2n) is 4.68. The minimum Gasteiger partial charge on any atom is -0.463 e. The van der Waals surface area contributed by atoms with Crippen LogP contribution >= 0.6 is 0 Å². The van der Waals surface area contributed by atoms with Crippen LogP contribution in [0.1, 0.15) is 18.1 Å². The van der Waals surface area contributed by atoms with Crippen LogP contribution in [-0.2, 0) is 19.7 Å². The number of rotatable bonds is 4. The molecule has 3 heteroatoms. The number of hydrogen-bond acceptors (Lipinski definition) is 3. The van der Waals surface area contributed by atoms with Crippen molar-refractivity contribution in [2.75, 3.05) is 7.11 Å². The van der Waals surface area contributed by atoms with Gasteiger partial charge in [-0.25, -0.2) is 4.79 Å². The van der Waals surface area contributed by atoms with Crippen molar-refractivity contribution in [2.45, 2.75) is 12.3 Å². The highest BCUT2D eigenvalue weighted by atomic mass is 16.5. The fraction of sp³-hybridized carbons (Fsp3) is 0.176. The van der Waals surface area contributed by atoms with E-state index in [4.69, 9.17) is 0 Å². The molecule has 0 saturated carbocycles. The molecule has 0 aliphatic heterocycles. The number of benzene rings is 2. The number of carbonyl (C=O) groups excluding carboxylic acids is 2. The van der Waals surface area contributed by atoms with Crippen molar-refractivity contribution in [3.05, 3.63) is 71.8 Å². The minimum absolute atomic E-state index is 0.572. The van der Waals surface area contributed by atoms with E-state index in [9.17, 15) is 9.59 Å². The number of methoxy groups -OCH3 is 1. The summed E-state index contributed by atoms with van der Waals surface area (Å²) in [6, 6.07) is 18.5. The van der Waals surface area contributed by atoms with Gasteiger partial charge in [-0.3, -0.25) is 4.79 Å². The molecule has 20 heavy (non-hydrogen) atoms. The maximum atomic E-state index is 12.5. The predicted octanol–water partition coefficient (Wildman–Crippen LogP) is 2.73. The van der Waals surface area contributed by atoms with Crippen molar-refractivity contribution < 1.29 is 14.3 Å². The Bertz CT molecular complexity index is 563. The van der Waals surface area contributed by atoms with Crippen molar-refractivity contribution in [1.29, 1.82) is 0 Å². The Morgan fingerprint density at radius 3 is 1.60 bits per heavy atom. The summed E-state index contributed by atoms with van der Waals surface area (Å²) in [6.45, 7) is 1.75. The van der Waals surface area contributed by atoms with Crippen LogP contribution in [0.15, 0.2) is 60.7 Å². The summed E-state index contributed by atoms with van der Waals surface area (Å²) in [5.74, 6) is -1.40. The monoisotopic (exact) mass is 268 g/mol. The SMILES string of the molecule is COC(=O)C(=O)C(C)(c1ccccc1)c1ccccc1. The van der Waals surface area contributed by atoms with E-state index in [2.05, 4.69) is 4.74 Å². The van der Waals surface area contributed by atoms with E-state index < -0.39 is 17.2 Å². The number of esters is 1. The van der Waals surface area contributed by atoms with E-state index in [0.717, 1.165) is 11.1 Å². The number of ketones is 1. The summed E-state index contributed by atoms with van der Waals surface area (Å²) in [5, 5.41) is 0. The van der Waals surface area contributed by atoms with Crippen molar-refractivity contribution in [1.82, 2.24) is 0 Å². The molecule has 0 spiro atoms. The van der Waals surface area contributed by atoms with Gasteiger partial charge in [0.15, 0.2) is 0 Å². The molecule has 0 atom stereocenters. The Morgan fingerprint density at radius 1 is 0.850 bits per heavy atom. The standard InChI is InChI=1S/C17H16O3/c1-17(15(18)16(19)20-2,13-9-5-3-6-10-13)14-11-7-4-8-12-14/h3-12H,1-2H3. The highest BCUT2D eigenvalue weighted by Crippen LogP contribution is 2.33. The largest absolute Gasteiger partial charge is 0.463 e. The van der Waals surface area contributed by atoms with Crippen LogP contribution < -0.4 is 0 Å². The van der Waals surface area contributed by atoms with Crippen LogP contribution in [0.5, 0.6) is 0 Å². The van der Waals surface area contributed by atoms with Gasteiger partial charge in [-0.1, -0.05) is 60.7 Å². The van der Waals surface area contributed by atoms with Crippen LogP contribution in [0.4, 0.5) is 0 Å². The van der Waals surface area contributed by atoms with Gasteiger partial charge >= 0.3 is 5.97 Å². The second-order valence-corrected chi connectivity index (χ2v) is 4.68. The summed E-state index contributed by atoms with van der Waals surface area (Å²) in [4.78, 5) is 24.3. The summed E-state index contributed by atoms with van der Waals surface area (Å²) < 4.78 is 4.61. The van der Waals surface area contributed by atoms with Crippen LogP contribution in [0, 0.1) is 0 Å². The second kappa shape index (κ2) is 5.70. The molecule has 0 aliphatic carbocycles. The molecule has 2 rings (SSSR count). The number of hydrogen-bond donors (Lipinski definition) is 0. The minimum atomic E-state index is -1.05. The van der Waals surface area contributed by atoms with Crippen LogP contribution in [0.25, 0.3) is 0 Å². The highest BCUT2D eigenvalue weighted by Gasteiger charge is 2.41. The molecular formula is C17H16O3. The van der Waals surface area contributed by atoms with E-state index in [1.165, 1.54) is 7.11 Å². The lowest BCUT2D eigenvalue weighted by Crippen LogP contribution is -2.39. The number of carbonyl (C=O) groups is 2. The van der Waals surface area contributed by atoms with Gasteiger partial charge in [-0.05, 0) is 18.1 Å². The van der Waals surface area contributed by atoms with Gasteiger partial charge in [0.25, 0.3) is 5.78 Å². The molecule has 0 amide bonds. The fourth-order valence-electron chi connectivity index (χ4n) is 2.27. The molecule has 0 N–H and O–H groups in total. The molecule has 3 nitrogen and oxygen atoms in total. The topological polar surface area (TPSA) is 43.4 Å². The molecule has 0 saturated heterocycles. The van der Waals surface area contributed by atoms with E-state index in [-0.39, 0.29) is 0 Å². The summed E-state index contributed by atoms with van der Waals surface area (Å²) in [6.07, 6.45) is 0. The first-order chi connectivity index (χ1) is 9.60. The molecule has 0 radical (unpaired) electrons. The lowest BCUT2D eigenvalue weighted by molar-refractivity contribution is -0.153. The van der Waals surface area contributed by atoms with Crippen LogP contribution in [0.2, 0.25) is 0 Å². The van der Waals surface area contributed by atoms with Crippen molar-refractivity contribution in [2.24, 2.45) is 0 Å². The first kappa shape index (κ1) is 14.0. The Hall–Kier alpha value is -2.42. The van der Waals surface area contributed by atoms with E-state index >= 15 is 0 Å². The zero-order chi connectivity index (χ0) is 14.6. The number of Topliss-reactive ketones (excluding diaryl/α,β-unsaturated/α-hetero) is 1. The molecular weight excluding hydrogens is 252 g/mol. The van der Waals surface area contributed by atoms with E-state index in [0.29, 0.717) is 0 Å². The summed E-state index contributed by atoms with van der Waals surface area (Å²) in [7, 11) is 1.22. The maximum Gasteiger partial charge on any atom is 0.375 e. The third-order valence-corrected chi connectivity index (χ3v) is 3.53. The first-order valence-electron chi connectivity index (χ1n) is 6.34. The average molecular weight is 268 g/mol. The van der Waals surface area contributed by atoms with Gasteiger partial charge in [0, 0.05) is 0 Å². The number of ether oxygens (including phenoxy) is 1. The predicted molar refractivity (Wildman–Crippen MR) is 76.4 cm³/mol. The molecule has 2 aromatic carbocycles. The lowest BCUT2D eigenvalue weighted by atomic mass is 9.73. The molecule has 2 aromatic rings. The molecule has 0 aromatic heterocycles. The molecule has 0 fully saturated rings. The Labute approximate surface area is 118 Å². The van der Waals surface area contributed by atoms with E-state index in [1.807, 2.05) is 60.7 Å². The van der Waals surface area contributed by atoms with Gasteiger partial charge in [0.1, 0.15) is 0 Å². The van der Waals surface area contributed by atoms with Gasteiger partial charge < -0.3 is 4.74 Å². The molecule has 102 valence electrons. The highest BCUT2D eigenvalue weighted by molar-refractivity contribution is 6.38. The summed E-state index contributed by atoms with van der Waals surface area (Å²) >= 11 is 0. The Morgan fingerprint density at radius 2 is 1.25 bits per heavy atom. The zero-order valence-corrected chi connectivity index (χ0v) is 11.5. The van der Waals surface area contributed by atoms with Crippen molar-refractivity contribution in [3.8, 4) is 0 Å². The van der Waals surface area contributed by atoms with Gasteiger partial charge in [0.2, 0.25) is 0 Å². The first-order valence-corrected chi connectivity index (χ1v) is 6.34. The third kappa shape index (κ3) is 2.35. The van der Waals surface area contributed by atoms with Crippen molar-refractivity contribution in [3.63, 3.8) is 0 Å². The van der Waals surface area contributed by atoms with E-state index in [1.54, 1.807) is 6.92 Å².